The fourth-order valence-corrected chi connectivity index (χ4v) is 3.16. The minimum atomic E-state index is -1.20. The van der Waals surface area contributed by atoms with Crippen LogP contribution in [0.5, 0.6) is 0 Å². The molecule has 0 spiro atoms. The summed E-state index contributed by atoms with van der Waals surface area (Å²) >= 11 is 0. The Morgan fingerprint density at radius 1 is 1.20 bits per heavy atom. The molecule has 0 radical (unpaired) electrons. The lowest BCUT2D eigenvalue weighted by molar-refractivity contribution is -0.147. The maximum absolute atomic E-state index is 12.6. The van der Waals surface area contributed by atoms with E-state index >= 15 is 0 Å². The number of amides is 1. The fourth-order valence-electron chi connectivity index (χ4n) is 3.16. The number of carbonyl (C=O) groups excluding carboxylic acids is 2. The number of rotatable bonds is 10. The highest BCUT2D eigenvalue weighted by atomic mass is 16.5. The number of nitrogens with zero attached hydrogens (tertiary/aromatic N) is 2. The van der Waals surface area contributed by atoms with E-state index in [0.717, 1.165) is 51.2 Å². The third kappa shape index (κ3) is 6.40. The predicted octanol–water partition coefficient (Wildman–Crippen LogP) is 1.33. The standard InChI is InChI=1S/C17H25N3O5/c18-19-10-12(21)6-9-14(17(23)24)20-16(22)15(25-13-7-8-13)11-4-2-1-3-5-11/h10-11,13-15H,1-9H2,(H,20,22)(H,23,24)/t14-,15-/m0/s1. The van der Waals surface area contributed by atoms with Gasteiger partial charge in [0.25, 0.3) is 0 Å². The first kappa shape index (κ1) is 19.3. The summed E-state index contributed by atoms with van der Waals surface area (Å²) in [6.07, 6.45) is 6.98. The smallest absolute Gasteiger partial charge is 0.326 e. The van der Waals surface area contributed by atoms with E-state index < -0.39 is 29.8 Å². The summed E-state index contributed by atoms with van der Waals surface area (Å²) < 4.78 is 5.88. The Balaban J connectivity index is 1.95. The Hall–Kier alpha value is -2.05. The van der Waals surface area contributed by atoms with Crippen LogP contribution in [0.25, 0.3) is 5.53 Å². The third-order valence-electron chi connectivity index (χ3n) is 4.70. The maximum Gasteiger partial charge on any atom is 0.326 e. The molecule has 0 unspecified atom stereocenters. The minimum Gasteiger partial charge on any atom is -0.480 e. The number of ether oxygens (including phenoxy) is 1. The number of carbonyl (C=O) groups is 3. The van der Waals surface area contributed by atoms with Crippen LogP contribution >= 0.6 is 0 Å². The molecule has 2 atom stereocenters. The monoisotopic (exact) mass is 351 g/mol. The first-order valence-electron chi connectivity index (χ1n) is 8.90. The van der Waals surface area contributed by atoms with Crippen molar-refractivity contribution in [3.05, 3.63) is 5.53 Å². The van der Waals surface area contributed by atoms with Crippen molar-refractivity contribution in [3.63, 3.8) is 0 Å². The molecule has 2 aliphatic rings. The topological polar surface area (TPSA) is 129 Å². The number of carboxylic acid groups (broad SMARTS) is 1. The van der Waals surface area contributed by atoms with E-state index in [1.54, 1.807) is 0 Å². The summed E-state index contributed by atoms with van der Waals surface area (Å²) in [5.41, 5.74) is 8.31. The zero-order valence-electron chi connectivity index (χ0n) is 14.2. The van der Waals surface area contributed by atoms with Crippen molar-refractivity contribution in [1.82, 2.24) is 5.32 Å². The number of hydrogen-bond acceptors (Lipinski definition) is 4. The molecule has 138 valence electrons. The lowest BCUT2D eigenvalue weighted by atomic mass is 9.84. The molecule has 0 aliphatic heterocycles. The largest absolute Gasteiger partial charge is 0.480 e. The van der Waals surface area contributed by atoms with Crippen LogP contribution in [0.2, 0.25) is 0 Å². The van der Waals surface area contributed by atoms with E-state index in [2.05, 4.69) is 10.1 Å². The highest BCUT2D eigenvalue weighted by molar-refractivity contribution is 6.25. The molecular formula is C17H25N3O5. The van der Waals surface area contributed by atoms with Crippen molar-refractivity contribution < 1.29 is 29.0 Å². The lowest BCUT2D eigenvalue weighted by Gasteiger charge is -2.30. The van der Waals surface area contributed by atoms with Crippen LogP contribution in [0, 0.1) is 5.92 Å². The quantitative estimate of drug-likeness (QED) is 0.348. The number of aliphatic carboxylic acids is 1. The Morgan fingerprint density at radius 2 is 1.88 bits per heavy atom. The Morgan fingerprint density at radius 3 is 2.44 bits per heavy atom. The second-order valence-corrected chi connectivity index (χ2v) is 6.80. The number of hydrogen-bond donors (Lipinski definition) is 2. The summed E-state index contributed by atoms with van der Waals surface area (Å²) in [4.78, 5) is 38.0. The summed E-state index contributed by atoms with van der Waals surface area (Å²) in [5, 5.41) is 11.8. The molecule has 0 heterocycles. The van der Waals surface area contributed by atoms with E-state index in [0.29, 0.717) is 0 Å². The van der Waals surface area contributed by atoms with Crippen molar-refractivity contribution in [2.75, 3.05) is 0 Å². The Kier molecular flexibility index (Phi) is 7.28. The van der Waals surface area contributed by atoms with E-state index in [1.165, 1.54) is 0 Å². The van der Waals surface area contributed by atoms with Gasteiger partial charge >= 0.3 is 12.2 Å². The zero-order valence-corrected chi connectivity index (χ0v) is 14.2. The second kappa shape index (κ2) is 9.44. The molecule has 1 amide bonds. The van der Waals surface area contributed by atoms with Crippen LogP contribution in [0.15, 0.2) is 0 Å². The summed E-state index contributed by atoms with van der Waals surface area (Å²) in [7, 11) is 0. The molecule has 0 aromatic rings. The SMILES string of the molecule is [N-]=[N+]=CC(=O)CC[C@H](NC(=O)[C@@H](OC1CC1)C1CCCCC1)C(=O)O. The molecule has 0 aromatic carbocycles. The summed E-state index contributed by atoms with van der Waals surface area (Å²) in [6.45, 7) is 0. The minimum absolute atomic E-state index is 0.0628. The molecular weight excluding hydrogens is 326 g/mol. The molecule has 2 fully saturated rings. The van der Waals surface area contributed by atoms with Crippen LogP contribution in [0.1, 0.15) is 57.8 Å². The average molecular weight is 351 g/mol. The number of carboxylic acids is 1. The fraction of sp³-hybridized carbons (Fsp3) is 0.765. The molecule has 0 saturated heterocycles. The van der Waals surface area contributed by atoms with E-state index in [-0.39, 0.29) is 24.9 Å². The molecule has 2 rings (SSSR count). The highest BCUT2D eigenvalue weighted by Gasteiger charge is 2.37. The Labute approximate surface area is 146 Å². The molecule has 2 N–H and O–H groups in total. The van der Waals surface area contributed by atoms with Gasteiger partial charge in [-0.05, 0) is 38.0 Å². The first-order chi connectivity index (χ1) is 12.0. The Bertz CT molecular complexity index is 548. The zero-order chi connectivity index (χ0) is 18.2. The molecule has 8 heteroatoms. The van der Waals surface area contributed by atoms with Crippen molar-refractivity contribution in [2.45, 2.75) is 76.0 Å². The van der Waals surface area contributed by atoms with Crippen LogP contribution in [-0.2, 0) is 19.1 Å². The average Bonchev–Trinajstić information content (AvgIpc) is 3.41. The van der Waals surface area contributed by atoms with Gasteiger partial charge in [-0.2, -0.15) is 4.79 Å². The van der Waals surface area contributed by atoms with E-state index in [4.69, 9.17) is 10.3 Å². The molecule has 25 heavy (non-hydrogen) atoms. The van der Waals surface area contributed by atoms with Gasteiger partial charge in [0.1, 0.15) is 12.1 Å². The van der Waals surface area contributed by atoms with Crippen molar-refractivity contribution in [1.29, 1.82) is 0 Å². The van der Waals surface area contributed by atoms with Crippen LogP contribution < -0.4 is 5.32 Å². The number of nitrogens with one attached hydrogen (secondary N) is 1. The van der Waals surface area contributed by atoms with Gasteiger partial charge in [-0.15, -0.1) is 0 Å². The van der Waals surface area contributed by atoms with Gasteiger partial charge in [0.05, 0.1) is 6.10 Å². The molecule has 2 aliphatic carbocycles. The van der Waals surface area contributed by atoms with Crippen molar-refractivity contribution in [3.8, 4) is 0 Å². The van der Waals surface area contributed by atoms with Gasteiger partial charge in [0.15, 0.2) is 0 Å². The van der Waals surface area contributed by atoms with Crippen LogP contribution in [0.3, 0.4) is 0 Å². The lowest BCUT2D eigenvalue weighted by Crippen LogP contribution is -2.49. The van der Waals surface area contributed by atoms with Crippen LogP contribution in [-0.4, -0.2) is 52.0 Å². The maximum atomic E-state index is 12.6. The first-order valence-corrected chi connectivity index (χ1v) is 8.90. The van der Waals surface area contributed by atoms with E-state index in [1.807, 2.05) is 0 Å². The number of Topliss-reactive ketones (excluding diaryl/α,β-unsaturated/α-hetero) is 1. The summed E-state index contributed by atoms with van der Waals surface area (Å²) in [5.74, 6) is -1.99. The van der Waals surface area contributed by atoms with Gasteiger partial charge < -0.3 is 20.7 Å². The van der Waals surface area contributed by atoms with Gasteiger partial charge in [0, 0.05) is 6.42 Å². The van der Waals surface area contributed by atoms with Gasteiger partial charge in [-0.3, -0.25) is 9.59 Å². The van der Waals surface area contributed by atoms with Crippen molar-refractivity contribution >= 4 is 23.9 Å². The number of ketones is 1. The normalized spacial score (nSPS) is 20.2. The molecule has 2 saturated carbocycles. The van der Waals surface area contributed by atoms with Crippen molar-refractivity contribution in [2.24, 2.45) is 5.92 Å². The summed E-state index contributed by atoms with van der Waals surface area (Å²) in [6, 6.07) is -1.17. The third-order valence-corrected chi connectivity index (χ3v) is 4.70. The molecule has 0 bridgehead atoms. The van der Waals surface area contributed by atoms with E-state index in [9.17, 15) is 19.5 Å². The predicted molar refractivity (Wildman–Crippen MR) is 88.0 cm³/mol. The molecule has 8 nitrogen and oxygen atoms in total. The van der Waals surface area contributed by atoms with Gasteiger partial charge in [-0.25, -0.2) is 4.79 Å². The highest BCUT2D eigenvalue weighted by Crippen LogP contribution is 2.33. The molecule has 0 aromatic heterocycles. The second-order valence-electron chi connectivity index (χ2n) is 6.80. The van der Waals surface area contributed by atoms with Crippen LogP contribution in [0.4, 0.5) is 0 Å². The van der Waals surface area contributed by atoms with Gasteiger partial charge in [-0.1, -0.05) is 19.3 Å². The van der Waals surface area contributed by atoms with Gasteiger partial charge in [0.2, 0.25) is 11.7 Å².